The number of nitro groups is 1. The van der Waals surface area contributed by atoms with Crippen molar-refractivity contribution in [3.8, 4) is 0 Å². The molecule has 2 fully saturated rings. The van der Waals surface area contributed by atoms with Crippen molar-refractivity contribution in [2.75, 3.05) is 6.54 Å². The maximum atomic E-state index is 12.1. The van der Waals surface area contributed by atoms with Crippen molar-refractivity contribution < 1.29 is 9.72 Å². The van der Waals surface area contributed by atoms with Gasteiger partial charge in [-0.05, 0) is 29.5 Å². The molecule has 0 spiro atoms. The van der Waals surface area contributed by atoms with Gasteiger partial charge in [0.05, 0.1) is 11.5 Å². The molecule has 1 amide bonds. The van der Waals surface area contributed by atoms with Gasteiger partial charge in [-0.3, -0.25) is 20.2 Å². The molecule has 6 nitrogen and oxygen atoms in total. The molecule has 2 aliphatic rings. The van der Waals surface area contributed by atoms with Crippen LogP contribution in [0.3, 0.4) is 0 Å². The highest BCUT2D eigenvalue weighted by Gasteiger charge is 2.54. The van der Waals surface area contributed by atoms with Crippen molar-refractivity contribution >= 4 is 11.6 Å². The molecule has 1 aromatic rings. The predicted molar refractivity (Wildman–Crippen MR) is 72.9 cm³/mol. The van der Waals surface area contributed by atoms with Gasteiger partial charge in [-0.25, -0.2) is 0 Å². The number of nitrogens with one attached hydrogen (secondary N) is 1. The largest absolute Gasteiger partial charge is 0.318 e. The van der Waals surface area contributed by atoms with Crippen LogP contribution in [0.1, 0.15) is 32.0 Å². The molecule has 1 heterocycles. The van der Waals surface area contributed by atoms with Gasteiger partial charge in [-0.2, -0.15) is 0 Å². The van der Waals surface area contributed by atoms with Crippen molar-refractivity contribution in [3.63, 3.8) is 0 Å². The normalized spacial score (nSPS) is 27.7. The second kappa shape index (κ2) is 4.28. The van der Waals surface area contributed by atoms with Crippen LogP contribution in [0.5, 0.6) is 0 Å². The zero-order valence-electron chi connectivity index (χ0n) is 11.5. The lowest BCUT2D eigenvalue weighted by Crippen LogP contribution is -2.34. The first-order chi connectivity index (χ1) is 9.40. The Hall–Kier alpha value is -1.95. The van der Waals surface area contributed by atoms with Gasteiger partial charge >= 0.3 is 0 Å². The number of benzene rings is 1. The van der Waals surface area contributed by atoms with Crippen LogP contribution < -0.4 is 5.32 Å². The van der Waals surface area contributed by atoms with Gasteiger partial charge in [0, 0.05) is 18.2 Å². The third kappa shape index (κ3) is 2.06. The van der Waals surface area contributed by atoms with Crippen molar-refractivity contribution in [1.82, 2.24) is 10.2 Å². The van der Waals surface area contributed by atoms with E-state index in [0.29, 0.717) is 6.54 Å². The SMILES string of the molecule is CC1(C)CC1N1C(=O)CNC1c1ccc([N+](=O)[O-])cc1. The average Bonchev–Trinajstić information content (AvgIpc) is 2.85. The number of carbonyl (C=O) groups excluding carboxylic acids is 1. The van der Waals surface area contributed by atoms with Crippen LogP contribution in [0.25, 0.3) is 0 Å². The summed E-state index contributed by atoms with van der Waals surface area (Å²) in [6.45, 7) is 4.63. The Morgan fingerprint density at radius 1 is 1.35 bits per heavy atom. The second-order valence-corrected chi connectivity index (χ2v) is 6.14. The summed E-state index contributed by atoms with van der Waals surface area (Å²) in [5.74, 6) is 0.101. The highest BCUT2D eigenvalue weighted by atomic mass is 16.6. The molecule has 0 aromatic heterocycles. The molecule has 1 saturated heterocycles. The van der Waals surface area contributed by atoms with Gasteiger partial charge < -0.3 is 4.90 Å². The standard InChI is InChI=1S/C14H17N3O3/c1-14(2)7-11(14)16-12(18)8-15-13(16)9-3-5-10(6-4-9)17(19)20/h3-6,11,13,15H,7-8H2,1-2H3. The van der Waals surface area contributed by atoms with Crippen LogP contribution in [0, 0.1) is 15.5 Å². The zero-order valence-corrected chi connectivity index (χ0v) is 11.5. The molecule has 2 atom stereocenters. The molecular weight excluding hydrogens is 258 g/mol. The molecule has 0 bridgehead atoms. The molecule has 0 radical (unpaired) electrons. The second-order valence-electron chi connectivity index (χ2n) is 6.14. The summed E-state index contributed by atoms with van der Waals surface area (Å²) in [6.07, 6.45) is 0.833. The van der Waals surface area contributed by atoms with E-state index in [0.717, 1.165) is 12.0 Å². The number of carbonyl (C=O) groups is 1. The Labute approximate surface area is 116 Å². The van der Waals surface area contributed by atoms with E-state index in [1.165, 1.54) is 12.1 Å². The van der Waals surface area contributed by atoms with E-state index in [1.54, 1.807) is 12.1 Å². The van der Waals surface area contributed by atoms with E-state index in [9.17, 15) is 14.9 Å². The Morgan fingerprint density at radius 2 is 1.95 bits per heavy atom. The lowest BCUT2D eigenvalue weighted by Gasteiger charge is -2.26. The molecule has 3 rings (SSSR count). The van der Waals surface area contributed by atoms with Crippen LogP contribution in [-0.4, -0.2) is 28.3 Å². The predicted octanol–water partition coefficient (Wildman–Crippen LogP) is 1.82. The summed E-state index contributed by atoms with van der Waals surface area (Å²) < 4.78 is 0. The third-order valence-corrected chi connectivity index (χ3v) is 4.23. The maximum absolute atomic E-state index is 12.1. The number of hydrogen-bond donors (Lipinski definition) is 1. The lowest BCUT2D eigenvalue weighted by molar-refractivity contribution is -0.384. The summed E-state index contributed by atoms with van der Waals surface area (Å²) in [4.78, 5) is 24.2. The molecule has 106 valence electrons. The molecular formula is C14H17N3O3. The summed E-state index contributed by atoms with van der Waals surface area (Å²) in [5, 5.41) is 13.9. The zero-order chi connectivity index (χ0) is 14.5. The number of hydrogen-bond acceptors (Lipinski definition) is 4. The third-order valence-electron chi connectivity index (χ3n) is 4.23. The van der Waals surface area contributed by atoms with Crippen LogP contribution in [0.15, 0.2) is 24.3 Å². The van der Waals surface area contributed by atoms with Crippen LogP contribution >= 0.6 is 0 Å². The van der Waals surface area contributed by atoms with Crippen LogP contribution in [0.4, 0.5) is 5.69 Å². The Kier molecular flexibility index (Phi) is 2.79. The van der Waals surface area contributed by atoms with Gasteiger partial charge in [0.2, 0.25) is 5.91 Å². The number of nitrogens with zero attached hydrogens (tertiary/aromatic N) is 2. The molecule has 1 aliphatic carbocycles. The number of amides is 1. The van der Waals surface area contributed by atoms with E-state index >= 15 is 0 Å². The minimum Gasteiger partial charge on any atom is -0.318 e. The van der Waals surface area contributed by atoms with Crippen molar-refractivity contribution in [1.29, 1.82) is 0 Å². The fourth-order valence-corrected chi connectivity index (χ4v) is 2.84. The number of non-ortho nitro benzene ring substituents is 1. The molecule has 1 saturated carbocycles. The lowest BCUT2D eigenvalue weighted by atomic mass is 10.1. The monoisotopic (exact) mass is 275 g/mol. The fourth-order valence-electron chi connectivity index (χ4n) is 2.84. The quantitative estimate of drug-likeness (QED) is 0.674. The topological polar surface area (TPSA) is 75.5 Å². The highest BCUT2D eigenvalue weighted by molar-refractivity contribution is 5.81. The molecule has 2 unspecified atom stereocenters. The average molecular weight is 275 g/mol. The summed E-state index contributed by atoms with van der Waals surface area (Å²) in [6, 6.07) is 6.66. The van der Waals surface area contributed by atoms with E-state index in [2.05, 4.69) is 19.2 Å². The first-order valence-corrected chi connectivity index (χ1v) is 6.69. The molecule has 1 N–H and O–H groups in total. The van der Waals surface area contributed by atoms with Crippen molar-refractivity contribution in [2.24, 2.45) is 5.41 Å². The van der Waals surface area contributed by atoms with E-state index in [4.69, 9.17) is 0 Å². The summed E-state index contributed by atoms with van der Waals surface area (Å²) in [5.41, 5.74) is 1.13. The van der Waals surface area contributed by atoms with E-state index in [-0.39, 0.29) is 29.2 Å². The number of nitro benzene ring substituents is 1. The maximum Gasteiger partial charge on any atom is 0.269 e. The molecule has 1 aromatic carbocycles. The van der Waals surface area contributed by atoms with Crippen LogP contribution in [-0.2, 0) is 4.79 Å². The summed E-state index contributed by atoms with van der Waals surface area (Å²) >= 11 is 0. The molecule has 20 heavy (non-hydrogen) atoms. The first kappa shape index (κ1) is 13.1. The molecule has 6 heteroatoms. The van der Waals surface area contributed by atoms with E-state index in [1.807, 2.05) is 4.90 Å². The van der Waals surface area contributed by atoms with E-state index < -0.39 is 4.92 Å². The first-order valence-electron chi connectivity index (χ1n) is 6.69. The van der Waals surface area contributed by atoms with Crippen molar-refractivity contribution in [3.05, 3.63) is 39.9 Å². The smallest absolute Gasteiger partial charge is 0.269 e. The Morgan fingerprint density at radius 3 is 2.45 bits per heavy atom. The van der Waals surface area contributed by atoms with Gasteiger partial charge in [0.15, 0.2) is 0 Å². The molecule has 1 aliphatic heterocycles. The highest BCUT2D eigenvalue weighted by Crippen LogP contribution is 2.51. The Bertz CT molecular complexity index is 568. The Balaban J connectivity index is 1.85. The van der Waals surface area contributed by atoms with Crippen molar-refractivity contribution in [2.45, 2.75) is 32.5 Å². The van der Waals surface area contributed by atoms with Crippen LogP contribution in [0.2, 0.25) is 0 Å². The minimum atomic E-state index is -0.418. The number of rotatable bonds is 3. The minimum absolute atomic E-state index is 0.0661. The fraction of sp³-hybridized carbons (Fsp3) is 0.500. The summed E-state index contributed by atoms with van der Waals surface area (Å²) in [7, 11) is 0. The van der Waals surface area contributed by atoms with Gasteiger partial charge in [0.1, 0.15) is 6.17 Å². The van der Waals surface area contributed by atoms with Gasteiger partial charge in [-0.1, -0.05) is 13.8 Å². The van der Waals surface area contributed by atoms with Gasteiger partial charge in [0.25, 0.3) is 5.69 Å². The van der Waals surface area contributed by atoms with Gasteiger partial charge in [-0.15, -0.1) is 0 Å².